The summed E-state index contributed by atoms with van der Waals surface area (Å²) in [6, 6.07) is 16.2. The Hall–Kier alpha value is -3.41. The van der Waals surface area contributed by atoms with Crippen LogP contribution in [0.15, 0.2) is 65.2 Å². The summed E-state index contributed by atoms with van der Waals surface area (Å²) in [6.07, 6.45) is 2.18. The van der Waals surface area contributed by atoms with Crippen molar-refractivity contribution in [1.82, 2.24) is 4.98 Å². The number of nitrogens with two attached hydrogens (primary N) is 1. The van der Waals surface area contributed by atoms with Crippen LogP contribution < -0.4 is 11.1 Å². The van der Waals surface area contributed by atoms with Crippen molar-refractivity contribution in [2.45, 2.75) is 12.8 Å². The van der Waals surface area contributed by atoms with E-state index in [0.717, 1.165) is 5.56 Å². The molecule has 6 heteroatoms. The molecule has 0 fully saturated rings. The van der Waals surface area contributed by atoms with E-state index < -0.39 is 5.91 Å². The molecule has 1 aromatic heterocycles. The Balaban J connectivity index is 1.60. The molecule has 25 heavy (non-hydrogen) atoms. The predicted octanol–water partition coefficient (Wildman–Crippen LogP) is 3.01. The van der Waals surface area contributed by atoms with Crippen LogP contribution in [-0.4, -0.2) is 16.8 Å². The van der Waals surface area contributed by atoms with E-state index in [1.165, 1.54) is 0 Å². The molecule has 0 spiro atoms. The number of rotatable bonds is 6. The number of hydrogen-bond donors (Lipinski definition) is 2. The maximum atomic E-state index is 12.1. The SMILES string of the molecule is NC(=O)c1ccccc1NC(=O)CCc1ncc(-c2ccccc2)o1. The standard InChI is InChI=1S/C19H17N3O3/c20-19(24)14-8-4-5-9-15(14)22-17(23)10-11-18-21-12-16(25-18)13-6-2-1-3-7-13/h1-9,12H,10-11H2,(H2,20,24)(H,22,23). The fraction of sp³-hybridized carbons (Fsp3) is 0.105. The molecule has 3 aromatic rings. The summed E-state index contributed by atoms with van der Waals surface area (Å²) >= 11 is 0. The predicted molar refractivity (Wildman–Crippen MR) is 93.8 cm³/mol. The summed E-state index contributed by atoms with van der Waals surface area (Å²) in [4.78, 5) is 27.7. The lowest BCUT2D eigenvalue weighted by atomic mass is 10.1. The van der Waals surface area contributed by atoms with Gasteiger partial charge in [0.05, 0.1) is 17.4 Å². The third kappa shape index (κ3) is 4.11. The van der Waals surface area contributed by atoms with E-state index in [1.54, 1.807) is 30.5 Å². The minimum Gasteiger partial charge on any atom is -0.441 e. The zero-order valence-electron chi connectivity index (χ0n) is 13.4. The molecule has 2 amide bonds. The van der Waals surface area contributed by atoms with E-state index >= 15 is 0 Å². The molecule has 2 aromatic carbocycles. The fourth-order valence-corrected chi connectivity index (χ4v) is 2.40. The van der Waals surface area contributed by atoms with Crippen molar-refractivity contribution >= 4 is 17.5 Å². The Kier molecular flexibility index (Phi) is 4.89. The zero-order chi connectivity index (χ0) is 17.6. The minimum atomic E-state index is -0.587. The topological polar surface area (TPSA) is 98.2 Å². The second-order valence-corrected chi connectivity index (χ2v) is 5.44. The lowest BCUT2D eigenvalue weighted by molar-refractivity contribution is -0.116. The number of nitrogens with zero attached hydrogens (tertiary/aromatic N) is 1. The van der Waals surface area contributed by atoms with Gasteiger partial charge in [0.2, 0.25) is 5.91 Å². The molecule has 0 aliphatic carbocycles. The molecule has 0 aliphatic rings. The average Bonchev–Trinajstić information content (AvgIpc) is 3.10. The number of benzene rings is 2. The van der Waals surface area contributed by atoms with Crippen LogP contribution in [0.5, 0.6) is 0 Å². The van der Waals surface area contributed by atoms with E-state index in [1.807, 2.05) is 30.3 Å². The van der Waals surface area contributed by atoms with Gasteiger partial charge in [-0.1, -0.05) is 42.5 Å². The number of carbonyl (C=O) groups is 2. The Labute approximate surface area is 144 Å². The van der Waals surface area contributed by atoms with Crippen molar-refractivity contribution in [2.24, 2.45) is 5.73 Å². The molecule has 0 bridgehead atoms. The number of para-hydroxylation sites is 1. The van der Waals surface area contributed by atoms with Gasteiger partial charge in [0.25, 0.3) is 5.91 Å². The number of amides is 2. The van der Waals surface area contributed by atoms with E-state index in [-0.39, 0.29) is 17.9 Å². The van der Waals surface area contributed by atoms with Crippen LogP contribution in [0.3, 0.4) is 0 Å². The molecule has 126 valence electrons. The molecule has 0 saturated carbocycles. The van der Waals surface area contributed by atoms with E-state index in [0.29, 0.717) is 23.8 Å². The molecule has 0 saturated heterocycles. The second kappa shape index (κ2) is 7.44. The molecule has 0 atom stereocenters. The van der Waals surface area contributed by atoms with Crippen LogP contribution in [0.25, 0.3) is 11.3 Å². The lowest BCUT2D eigenvalue weighted by Gasteiger charge is -2.08. The van der Waals surface area contributed by atoms with Crippen molar-refractivity contribution in [2.75, 3.05) is 5.32 Å². The van der Waals surface area contributed by atoms with Gasteiger partial charge in [0, 0.05) is 18.4 Å². The maximum Gasteiger partial charge on any atom is 0.250 e. The van der Waals surface area contributed by atoms with Crippen LogP contribution >= 0.6 is 0 Å². The average molecular weight is 335 g/mol. The minimum absolute atomic E-state index is 0.182. The molecular weight excluding hydrogens is 318 g/mol. The summed E-state index contributed by atoms with van der Waals surface area (Å²) in [5.74, 6) is 0.316. The highest BCUT2D eigenvalue weighted by Gasteiger charge is 2.12. The van der Waals surface area contributed by atoms with Crippen molar-refractivity contribution in [3.63, 3.8) is 0 Å². The molecular formula is C19H17N3O3. The van der Waals surface area contributed by atoms with Gasteiger partial charge in [-0.2, -0.15) is 0 Å². The van der Waals surface area contributed by atoms with Gasteiger partial charge in [-0.25, -0.2) is 4.98 Å². The van der Waals surface area contributed by atoms with E-state index in [9.17, 15) is 9.59 Å². The molecule has 6 nitrogen and oxygen atoms in total. The molecule has 0 radical (unpaired) electrons. The van der Waals surface area contributed by atoms with E-state index in [4.69, 9.17) is 10.2 Å². The van der Waals surface area contributed by atoms with Gasteiger partial charge in [0.1, 0.15) is 0 Å². The van der Waals surface area contributed by atoms with Gasteiger partial charge < -0.3 is 15.5 Å². The normalized spacial score (nSPS) is 10.4. The van der Waals surface area contributed by atoms with Crippen molar-refractivity contribution in [3.05, 3.63) is 72.2 Å². The Morgan fingerprint density at radius 3 is 2.52 bits per heavy atom. The highest BCUT2D eigenvalue weighted by atomic mass is 16.4. The largest absolute Gasteiger partial charge is 0.441 e. The Morgan fingerprint density at radius 2 is 1.76 bits per heavy atom. The number of carbonyl (C=O) groups excluding carboxylic acids is 2. The summed E-state index contributed by atoms with van der Waals surface area (Å²) in [6.45, 7) is 0. The number of oxazole rings is 1. The maximum absolute atomic E-state index is 12.1. The third-order valence-electron chi connectivity index (χ3n) is 3.64. The van der Waals surface area contributed by atoms with Crippen LogP contribution in [0, 0.1) is 0 Å². The Morgan fingerprint density at radius 1 is 1.04 bits per heavy atom. The van der Waals surface area contributed by atoms with Gasteiger partial charge in [0.15, 0.2) is 11.7 Å². The summed E-state index contributed by atoms with van der Waals surface area (Å²) < 4.78 is 5.67. The van der Waals surface area contributed by atoms with Gasteiger partial charge in [-0.05, 0) is 12.1 Å². The number of nitrogens with one attached hydrogen (secondary N) is 1. The highest BCUT2D eigenvalue weighted by molar-refractivity contribution is 6.02. The van der Waals surface area contributed by atoms with Crippen molar-refractivity contribution in [1.29, 1.82) is 0 Å². The van der Waals surface area contributed by atoms with Gasteiger partial charge >= 0.3 is 0 Å². The van der Waals surface area contributed by atoms with Gasteiger partial charge in [-0.15, -0.1) is 0 Å². The summed E-state index contributed by atoms with van der Waals surface area (Å²) in [5, 5.41) is 2.69. The lowest BCUT2D eigenvalue weighted by Crippen LogP contribution is -2.18. The fourth-order valence-electron chi connectivity index (χ4n) is 2.40. The number of aromatic nitrogens is 1. The first-order valence-corrected chi connectivity index (χ1v) is 7.82. The van der Waals surface area contributed by atoms with Crippen LogP contribution in [0.1, 0.15) is 22.7 Å². The number of primary amides is 1. The smallest absolute Gasteiger partial charge is 0.250 e. The molecule has 0 aliphatic heterocycles. The molecule has 1 heterocycles. The van der Waals surface area contributed by atoms with Crippen LogP contribution in [0.4, 0.5) is 5.69 Å². The highest BCUT2D eigenvalue weighted by Crippen LogP contribution is 2.20. The Bertz CT molecular complexity index is 888. The summed E-state index contributed by atoms with van der Waals surface area (Å²) in [7, 11) is 0. The quantitative estimate of drug-likeness (QED) is 0.723. The van der Waals surface area contributed by atoms with Crippen LogP contribution in [-0.2, 0) is 11.2 Å². The second-order valence-electron chi connectivity index (χ2n) is 5.44. The molecule has 0 unspecified atom stereocenters. The van der Waals surface area contributed by atoms with Crippen LogP contribution in [0.2, 0.25) is 0 Å². The first-order valence-electron chi connectivity index (χ1n) is 7.82. The number of hydrogen-bond acceptors (Lipinski definition) is 4. The molecule has 3 rings (SSSR count). The third-order valence-corrected chi connectivity index (χ3v) is 3.64. The first kappa shape index (κ1) is 16.4. The number of aryl methyl sites for hydroxylation is 1. The number of anilines is 1. The monoisotopic (exact) mass is 335 g/mol. The zero-order valence-corrected chi connectivity index (χ0v) is 13.4. The van der Waals surface area contributed by atoms with E-state index in [2.05, 4.69) is 10.3 Å². The van der Waals surface area contributed by atoms with Crippen molar-refractivity contribution < 1.29 is 14.0 Å². The molecule has 3 N–H and O–H groups in total. The first-order chi connectivity index (χ1) is 12.1. The van der Waals surface area contributed by atoms with Gasteiger partial charge in [-0.3, -0.25) is 9.59 Å². The summed E-state index contributed by atoms with van der Waals surface area (Å²) in [5.41, 5.74) is 6.91. The van der Waals surface area contributed by atoms with Crippen molar-refractivity contribution in [3.8, 4) is 11.3 Å².